The van der Waals surface area contributed by atoms with Crippen LogP contribution in [0.5, 0.6) is 0 Å². The molecule has 0 saturated carbocycles. The summed E-state index contributed by atoms with van der Waals surface area (Å²) in [6.07, 6.45) is 3.41. The summed E-state index contributed by atoms with van der Waals surface area (Å²) < 4.78 is 0. The highest BCUT2D eigenvalue weighted by molar-refractivity contribution is 8.00. The Morgan fingerprint density at radius 1 is 1.03 bits per heavy atom. The predicted molar refractivity (Wildman–Crippen MR) is 122 cm³/mol. The Balaban J connectivity index is 1.67. The van der Waals surface area contributed by atoms with E-state index >= 15 is 0 Å². The Bertz CT molecular complexity index is 995. The molecule has 0 spiro atoms. The molecule has 0 aliphatic rings. The molecule has 7 heteroatoms. The van der Waals surface area contributed by atoms with Crippen LogP contribution in [0.4, 0.5) is 11.4 Å². The van der Waals surface area contributed by atoms with Crippen LogP contribution < -0.4 is 15.5 Å². The van der Waals surface area contributed by atoms with Crippen molar-refractivity contribution in [2.75, 3.05) is 30.1 Å². The summed E-state index contributed by atoms with van der Waals surface area (Å²) in [4.78, 5) is 32.1. The summed E-state index contributed by atoms with van der Waals surface area (Å²) >= 11 is 1.47. The number of amides is 2. The summed E-state index contributed by atoms with van der Waals surface area (Å²) in [5.74, 6) is -0.0392. The lowest BCUT2D eigenvalue weighted by molar-refractivity contribution is -0.113. The van der Waals surface area contributed by atoms with Gasteiger partial charge in [-0.25, -0.2) is 0 Å². The molecule has 3 aromatic rings. The standard InChI is InChI=1S/C23H24N4O2S/c1-27(2)21-11-10-18(26-22(28)16-30-19-8-4-3-5-9-19)13-20(21)23(29)25-15-17-7-6-12-24-14-17/h3-14H,15-16H2,1-2H3,(H,25,29)(H,26,28). The normalized spacial score (nSPS) is 10.3. The van der Waals surface area contributed by atoms with Crippen LogP contribution in [0.2, 0.25) is 0 Å². The first-order chi connectivity index (χ1) is 14.5. The van der Waals surface area contributed by atoms with Crippen LogP contribution >= 0.6 is 11.8 Å². The van der Waals surface area contributed by atoms with Crippen molar-refractivity contribution >= 4 is 35.0 Å². The van der Waals surface area contributed by atoms with Crippen LogP contribution in [0.15, 0.2) is 78.0 Å². The molecular formula is C23H24N4O2S. The third-order valence-corrected chi connectivity index (χ3v) is 5.31. The van der Waals surface area contributed by atoms with Gasteiger partial charge < -0.3 is 15.5 Å². The van der Waals surface area contributed by atoms with E-state index < -0.39 is 0 Å². The maximum Gasteiger partial charge on any atom is 0.253 e. The van der Waals surface area contributed by atoms with Gasteiger partial charge in [0, 0.05) is 49.3 Å². The van der Waals surface area contributed by atoms with Crippen molar-refractivity contribution in [1.82, 2.24) is 10.3 Å². The average molecular weight is 421 g/mol. The number of carbonyl (C=O) groups is 2. The second-order valence-electron chi connectivity index (χ2n) is 6.82. The van der Waals surface area contributed by atoms with Crippen molar-refractivity contribution in [3.8, 4) is 0 Å². The first kappa shape index (κ1) is 21.4. The highest BCUT2D eigenvalue weighted by Gasteiger charge is 2.15. The fraction of sp³-hybridized carbons (Fsp3) is 0.174. The Hall–Kier alpha value is -3.32. The Morgan fingerprint density at radius 3 is 2.53 bits per heavy atom. The molecule has 0 saturated heterocycles. The van der Waals surface area contributed by atoms with E-state index in [-0.39, 0.29) is 11.8 Å². The van der Waals surface area contributed by atoms with Gasteiger partial charge in [-0.2, -0.15) is 0 Å². The van der Waals surface area contributed by atoms with Gasteiger partial charge in [0.15, 0.2) is 0 Å². The number of thioether (sulfide) groups is 1. The summed E-state index contributed by atoms with van der Waals surface area (Å²) in [5.41, 5.74) is 2.78. The number of pyridine rings is 1. The molecule has 2 aromatic carbocycles. The summed E-state index contributed by atoms with van der Waals surface area (Å²) in [6, 6.07) is 18.8. The monoisotopic (exact) mass is 420 g/mol. The Kier molecular flexibility index (Phi) is 7.45. The van der Waals surface area contributed by atoms with Gasteiger partial charge in [0.25, 0.3) is 5.91 Å². The van der Waals surface area contributed by atoms with Gasteiger partial charge in [0.05, 0.1) is 11.3 Å². The van der Waals surface area contributed by atoms with Crippen molar-refractivity contribution in [2.45, 2.75) is 11.4 Å². The summed E-state index contributed by atoms with van der Waals surface area (Å²) in [7, 11) is 3.75. The second kappa shape index (κ2) is 10.5. The molecular weight excluding hydrogens is 396 g/mol. The number of aromatic nitrogens is 1. The predicted octanol–water partition coefficient (Wildman–Crippen LogP) is 3.81. The number of hydrogen-bond acceptors (Lipinski definition) is 5. The minimum absolute atomic E-state index is 0.122. The molecule has 0 radical (unpaired) electrons. The SMILES string of the molecule is CN(C)c1ccc(NC(=O)CSc2ccccc2)cc1C(=O)NCc1cccnc1. The van der Waals surface area contributed by atoms with Crippen molar-refractivity contribution in [1.29, 1.82) is 0 Å². The number of carbonyl (C=O) groups excluding carboxylic acids is 2. The number of hydrogen-bond donors (Lipinski definition) is 2. The van der Waals surface area contributed by atoms with E-state index in [1.807, 2.05) is 67.5 Å². The quantitative estimate of drug-likeness (QED) is 0.542. The van der Waals surface area contributed by atoms with Gasteiger partial charge in [0.2, 0.25) is 5.91 Å². The average Bonchev–Trinajstić information content (AvgIpc) is 2.77. The van der Waals surface area contributed by atoms with Crippen LogP contribution in [-0.4, -0.2) is 36.6 Å². The van der Waals surface area contributed by atoms with E-state index in [9.17, 15) is 9.59 Å². The summed E-state index contributed by atoms with van der Waals surface area (Å²) in [5, 5.41) is 5.79. The maximum atomic E-state index is 12.8. The molecule has 154 valence electrons. The van der Waals surface area contributed by atoms with Crippen molar-refractivity contribution in [3.05, 3.63) is 84.2 Å². The van der Waals surface area contributed by atoms with E-state index in [0.717, 1.165) is 16.1 Å². The molecule has 1 aromatic heterocycles. The van der Waals surface area contributed by atoms with Gasteiger partial charge in [-0.05, 0) is 42.0 Å². The Morgan fingerprint density at radius 2 is 1.83 bits per heavy atom. The molecule has 0 aliphatic carbocycles. The van der Waals surface area contributed by atoms with Crippen molar-refractivity contribution < 1.29 is 9.59 Å². The lowest BCUT2D eigenvalue weighted by atomic mass is 10.1. The molecule has 0 unspecified atom stereocenters. The molecule has 1 heterocycles. The van der Waals surface area contributed by atoms with Gasteiger partial charge in [-0.15, -0.1) is 11.8 Å². The largest absolute Gasteiger partial charge is 0.377 e. The molecule has 2 N–H and O–H groups in total. The maximum absolute atomic E-state index is 12.8. The third-order valence-electron chi connectivity index (χ3n) is 4.30. The van der Waals surface area contributed by atoms with Crippen molar-refractivity contribution in [3.63, 3.8) is 0 Å². The number of benzene rings is 2. The molecule has 2 amide bonds. The van der Waals surface area contributed by atoms with Crippen LogP contribution in [0.3, 0.4) is 0 Å². The smallest absolute Gasteiger partial charge is 0.253 e. The number of nitrogens with one attached hydrogen (secondary N) is 2. The lowest BCUT2D eigenvalue weighted by Gasteiger charge is -2.18. The van der Waals surface area contributed by atoms with E-state index in [1.165, 1.54) is 11.8 Å². The molecule has 0 bridgehead atoms. The Labute approximate surface area is 180 Å². The fourth-order valence-electron chi connectivity index (χ4n) is 2.83. The second-order valence-corrected chi connectivity index (χ2v) is 7.87. The van der Waals surface area contributed by atoms with E-state index in [0.29, 0.717) is 23.5 Å². The van der Waals surface area contributed by atoms with E-state index in [4.69, 9.17) is 0 Å². The zero-order chi connectivity index (χ0) is 21.3. The molecule has 3 rings (SSSR count). The first-order valence-electron chi connectivity index (χ1n) is 9.49. The zero-order valence-corrected chi connectivity index (χ0v) is 17.8. The number of nitrogens with zero attached hydrogens (tertiary/aromatic N) is 2. The van der Waals surface area contributed by atoms with Crippen LogP contribution in [-0.2, 0) is 11.3 Å². The van der Waals surface area contributed by atoms with Crippen LogP contribution in [0, 0.1) is 0 Å². The van der Waals surface area contributed by atoms with Crippen LogP contribution in [0.1, 0.15) is 15.9 Å². The fourth-order valence-corrected chi connectivity index (χ4v) is 3.55. The zero-order valence-electron chi connectivity index (χ0n) is 17.0. The van der Waals surface area contributed by atoms with Crippen molar-refractivity contribution in [2.24, 2.45) is 0 Å². The minimum Gasteiger partial charge on any atom is -0.377 e. The molecule has 0 atom stereocenters. The third kappa shape index (κ3) is 6.09. The molecule has 0 aliphatic heterocycles. The van der Waals surface area contributed by atoms with Gasteiger partial charge in [-0.3, -0.25) is 14.6 Å². The van der Waals surface area contributed by atoms with Gasteiger partial charge in [0.1, 0.15) is 0 Å². The molecule has 30 heavy (non-hydrogen) atoms. The number of anilines is 2. The summed E-state index contributed by atoms with van der Waals surface area (Å²) in [6.45, 7) is 0.379. The number of rotatable bonds is 8. The highest BCUT2D eigenvalue weighted by Crippen LogP contribution is 2.24. The molecule has 6 nitrogen and oxygen atoms in total. The molecule has 0 fully saturated rings. The van der Waals surface area contributed by atoms with Crippen LogP contribution in [0.25, 0.3) is 0 Å². The van der Waals surface area contributed by atoms with Gasteiger partial charge in [-0.1, -0.05) is 24.3 Å². The first-order valence-corrected chi connectivity index (χ1v) is 10.5. The minimum atomic E-state index is -0.211. The highest BCUT2D eigenvalue weighted by atomic mass is 32.2. The van der Waals surface area contributed by atoms with E-state index in [1.54, 1.807) is 24.5 Å². The lowest BCUT2D eigenvalue weighted by Crippen LogP contribution is -2.26. The van der Waals surface area contributed by atoms with E-state index in [2.05, 4.69) is 15.6 Å². The van der Waals surface area contributed by atoms with Gasteiger partial charge >= 0.3 is 0 Å². The topological polar surface area (TPSA) is 74.3 Å².